The van der Waals surface area contributed by atoms with Crippen molar-refractivity contribution in [3.63, 3.8) is 0 Å². The van der Waals surface area contributed by atoms with Crippen molar-refractivity contribution < 1.29 is 0 Å². The summed E-state index contributed by atoms with van der Waals surface area (Å²) in [5.41, 5.74) is 4.51. The predicted molar refractivity (Wildman–Crippen MR) is 86.2 cm³/mol. The first-order valence-corrected chi connectivity index (χ1v) is 7.58. The SMILES string of the molecule is CC(C)=CN1Cc2cccc3[nH]c(=O)n(c23)CC1C(C)C. The Kier molecular flexibility index (Phi) is 3.40. The van der Waals surface area contributed by atoms with Crippen LogP contribution in [0.15, 0.2) is 34.8 Å². The number of hydrogen-bond donors (Lipinski definition) is 1. The molecule has 1 aliphatic rings. The summed E-state index contributed by atoms with van der Waals surface area (Å²) in [6, 6.07) is 6.45. The lowest BCUT2D eigenvalue weighted by Crippen LogP contribution is -2.38. The molecule has 0 saturated heterocycles. The normalized spacial score (nSPS) is 18.1. The average molecular weight is 285 g/mol. The van der Waals surface area contributed by atoms with Crippen LogP contribution in [0.3, 0.4) is 0 Å². The third-order valence-corrected chi connectivity index (χ3v) is 4.22. The zero-order chi connectivity index (χ0) is 15.1. The van der Waals surface area contributed by atoms with Crippen molar-refractivity contribution in [2.75, 3.05) is 0 Å². The first kappa shape index (κ1) is 14.0. The van der Waals surface area contributed by atoms with E-state index in [2.05, 4.69) is 49.8 Å². The summed E-state index contributed by atoms with van der Waals surface area (Å²) < 4.78 is 1.91. The van der Waals surface area contributed by atoms with Crippen LogP contribution in [0.25, 0.3) is 11.0 Å². The molecule has 4 nitrogen and oxygen atoms in total. The van der Waals surface area contributed by atoms with Gasteiger partial charge in [-0.25, -0.2) is 4.79 Å². The van der Waals surface area contributed by atoms with Crippen molar-refractivity contribution in [1.29, 1.82) is 0 Å². The molecule has 0 bridgehead atoms. The van der Waals surface area contributed by atoms with Gasteiger partial charge in [0, 0.05) is 19.1 Å². The Bertz CT molecular complexity index is 747. The van der Waals surface area contributed by atoms with Gasteiger partial charge < -0.3 is 9.88 Å². The highest BCUT2D eigenvalue weighted by Gasteiger charge is 2.27. The molecule has 4 heteroatoms. The van der Waals surface area contributed by atoms with Gasteiger partial charge in [-0.1, -0.05) is 31.6 Å². The second-order valence-corrected chi connectivity index (χ2v) is 6.54. The van der Waals surface area contributed by atoms with Crippen LogP contribution < -0.4 is 5.69 Å². The van der Waals surface area contributed by atoms with Gasteiger partial charge >= 0.3 is 5.69 Å². The molecule has 3 rings (SSSR count). The Morgan fingerprint density at radius 2 is 2.14 bits per heavy atom. The van der Waals surface area contributed by atoms with E-state index in [4.69, 9.17) is 0 Å². The topological polar surface area (TPSA) is 41.0 Å². The lowest BCUT2D eigenvalue weighted by molar-refractivity contribution is 0.195. The standard InChI is InChI=1S/C17H23N3O/c1-11(2)8-19-9-13-6-5-7-14-16(13)20(17(21)18-14)10-15(19)12(3)4/h5-8,12,15H,9-10H2,1-4H3,(H,18,21). The lowest BCUT2D eigenvalue weighted by Gasteiger charge is -2.32. The Hall–Kier alpha value is -1.97. The molecular formula is C17H23N3O. The van der Waals surface area contributed by atoms with E-state index in [0.29, 0.717) is 12.0 Å². The van der Waals surface area contributed by atoms with Crippen LogP contribution in [0, 0.1) is 5.92 Å². The first-order valence-electron chi connectivity index (χ1n) is 7.58. The molecule has 1 N–H and O–H groups in total. The third-order valence-electron chi connectivity index (χ3n) is 4.22. The molecule has 1 atom stereocenters. The van der Waals surface area contributed by atoms with Crippen LogP contribution in [0.5, 0.6) is 0 Å². The molecule has 0 aliphatic carbocycles. The van der Waals surface area contributed by atoms with Gasteiger partial charge in [0.25, 0.3) is 0 Å². The number of nitrogens with zero attached hydrogens (tertiary/aromatic N) is 2. The van der Waals surface area contributed by atoms with Gasteiger partial charge in [0.1, 0.15) is 0 Å². The van der Waals surface area contributed by atoms with E-state index in [1.54, 1.807) is 0 Å². The number of para-hydroxylation sites is 1. The van der Waals surface area contributed by atoms with Crippen LogP contribution in [0.1, 0.15) is 33.3 Å². The number of nitrogens with one attached hydrogen (secondary N) is 1. The molecule has 112 valence electrons. The molecule has 0 amide bonds. The van der Waals surface area contributed by atoms with Gasteiger partial charge in [0.05, 0.1) is 11.0 Å². The average Bonchev–Trinajstić information content (AvgIpc) is 2.60. The van der Waals surface area contributed by atoms with E-state index >= 15 is 0 Å². The van der Waals surface area contributed by atoms with Crippen molar-refractivity contribution in [2.24, 2.45) is 5.92 Å². The molecule has 0 fully saturated rings. The van der Waals surface area contributed by atoms with Crippen LogP contribution in [0.2, 0.25) is 0 Å². The fourth-order valence-electron chi connectivity index (χ4n) is 3.27. The number of benzene rings is 1. The van der Waals surface area contributed by atoms with Gasteiger partial charge in [-0.05, 0) is 37.6 Å². The summed E-state index contributed by atoms with van der Waals surface area (Å²) in [7, 11) is 0. The van der Waals surface area contributed by atoms with E-state index in [-0.39, 0.29) is 5.69 Å². The maximum atomic E-state index is 12.3. The van der Waals surface area contributed by atoms with Crippen molar-refractivity contribution in [3.05, 3.63) is 46.0 Å². The molecule has 21 heavy (non-hydrogen) atoms. The second-order valence-electron chi connectivity index (χ2n) is 6.54. The Morgan fingerprint density at radius 3 is 2.81 bits per heavy atom. The minimum absolute atomic E-state index is 0.00199. The summed E-state index contributed by atoms with van der Waals surface area (Å²) >= 11 is 0. The molecule has 1 unspecified atom stereocenters. The summed E-state index contributed by atoms with van der Waals surface area (Å²) in [4.78, 5) is 17.6. The lowest BCUT2D eigenvalue weighted by atomic mass is 10.0. The Labute approximate surface area is 125 Å². The van der Waals surface area contributed by atoms with E-state index in [1.807, 2.05) is 16.7 Å². The fraction of sp³-hybridized carbons (Fsp3) is 0.471. The number of H-pyrrole nitrogens is 1. The highest BCUT2D eigenvalue weighted by atomic mass is 16.1. The molecule has 0 spiro atoms. The number of hydrogen-bond acceptors (Lipinski definition) is 2. The summed E-state index contributed by atoms with van der Waals surface area (Å²) in [6.07, 6.45) is 2.23. The number of allylic oxidation sites excluding steroid dienone is 1. The largest absolute Gasteiger partial charge is 0.368 e. The van der Waals surface area contributed by atoms with Crippen molar-refractivity contribution in [3.8, 4) is 0 Å². The zero-order valence-electron chi connectivity index (χ0n) is 13.2. The third kappa shape index (κ3) is 2.39. The molecule has 1 aromatic carbocycles. The van der Waals surface area contributed by atoms with Crippen LogP contribution in [0.4, 0.5) is 0 Å². The highest BCUT2D eigenvalue weighted by Crippen LogP contribution is 2.26. The van der Waals surface area contributed by atoms with E-state index in [9.17, 15) is 4.79 Å². The van der Waals surface area contributed by atoms with Crippen molar-refractivity contribution >= 4 is 11.0 Å². The second kappa shape index (κ2) is 5.10. The monoisotopic (exact) mass is 285 g/mol. The molecule has 2 aromatic rings. The number of imidazole rings is 1. The van der Waals surface area contributed by atoms with Gasteiger partial charge in [-0.3, -0.25) is 4.57 Å². The molecule has 1 aliphatic heterocycles. The van der Waals surface area contributed by atoms with Crippen molar-refractivity contribution in [1.82, 2.24) is 14.5 Å². The molecule has 0 radical (unpaired) electrons. The number of aromatic nitrogens is 2. The molecular weight excluding hydrogens is 262 g/mol. The summed E-state index contributed by atoms with van der Waals surface area (Å²) in [5, 5.41) is 0. The number of aromatic amines is 1. The zero-order valence-corrected chi connectivity index (χ0v) is 13.2. The van der Waals surface area contributed by atoms with Gasteiger partial charge in [0.15, 0.2) is 0 Å². The van der Waals surface area contributed by atoms with Crippen LogP contribution in [-0.4, -0.2) is 20.5 Å². The minimum Gasteiger partial charge on any atom is -0.368 e. The smallest absolute Gasteiger partial charge is 0.326 e. The molecule has 0 saturated carbocycles. The van der Waals surface area contributed by atoms with E-state index in [0.717, 1.165) is 24.1 Å². The van der Waals surface area contributed by atoms with Crippen molar-refractivity contribution in [2.45, 2.75) is 46.8 Å². The first-order chi connectivity index (χ1) is 9.97. The predicted octanol–water partition coefficient (Wildman–Crippen LogP) is 3.09. The van der Waals surface area contributed by atoms with Crippen LogP contribution in [-0.2, 0) is 13.1 Å². The Balaban J connectivity index is 2.19. The van der Waals surface area contributed by atoms with E-state index in [1.165, 1.54) is 11.1 Å². The summed E-state index contributed by atoms with van der Waals surface area (Å²) in [5.74, 6) is 0.478. The van der Waals surface area contributed by atoms with Gasteiger partial charge in [-0.15, -0.1) is 0 Å². The fourth-order valence-corrected chi connectivity index (χ4v) is 3.27. The molecule has 2 heterocycles. The van der Waals surface area contributed by atoms with Gasteiger partial charge in [-0.2, -0.15) is 0 Å². The quantitative estimate of drug-likeness (QED) is 0.921. The maximum absolute atomic E-state index is 12.3. The minimum atomic E-state index is 0.00199. The highest BCUT2D eigenvalue weighted by molar-refractivity contribution is 5.79. The maximum Gasteiger partial charge on any atom is 0.326 e. The van der Waals surface area contributed by atoms with E-state index < -0.39 is 0 Å². The summed E-state index contributed by atoms with van der Waals surface area (Å²) in [6.45, 7) is 10.3. The van der Waals surface area contributed by atoms with Gasteiger partial charge in [0.2, 0.25) is 0 Å². The molecule has 1 aromatic heterocycles. The Morgan fingerprint density at radius 1 is 1.38 bits per heavy atom. The van der Waals surface area contributed by atoms with Crippen LogP contribution >= 0.6 is 0 Å². The number of rotatable bonds is 2.